The third kappa shape index (κ3) is 12.2. The van der Waals surface area contributed by atoms with Crippen LogP contribution in [-0.2, 0) is 0 Å². The Bertz CT molecular complexity index is 2040. The van der Waals surface area contributed by atoms with Gasteiger partial charge in [0.2, 0.25) is 0 Å². The summed E-state index contributed by atoms with van der Waals surface area (Å²) in [5.74, 6) is 40.1. The molecule has 19 fully saturated rings. The zero-order valence-corrected chi connectivity index (χ0v) is 61.8. The van der Waals surface area contributed by atoms with Crippen LogP contribution in [0.5, 0.6) is 0 Å². The zero-order chi connectivity index (χ0) is 61.8. The molecule has 94 heavy (non-hydrogen) atoms. The summed E-state index contributed by atoms with van der Waals surface area (Å²) in [5, 5.41) is 0. The highest BCUT2D eigenvalue weighted by molar-refractivity contribution is 5.10. The monoisotopic (exact) mass is 1280 g/mol. The van der Waals surface area contributed by atoms with E-state index >= 15 is 0 Å². The molecule has 24 unspecified atom stereocenters. The van der Waals surface area contributed by atoms with Crippen molar-refractivity contribution in [3.05, 3.63) is 0 Å². The largest absolute Gasteiger partial charge is 0.0530 e. The molecule has 0 aromatic rings. The fourth-order valence-corrected chi connectivity index (χ4v) is 37.2. The van der Waals surface area contributed by atoms with Crippen LogP contribution < -0.4 is 0 Å². The molecule has 19 aliphatic rings. The molecule has 19 aliphatic carbocycles. The van der Waals surface area contributed by atoms with Crippen molar-refractivity contribution in [3.8, 4) is 0 Å². The van der Waals surface area contributed by atoms with Gasteiger partial charge in [-0.05, 0) is 406 Å². The molecule has 0 amide bonds. The van der Waals surface area contributed by atoms with Gasteiger partial charge < -0.3 is 0 Å². The van der Waals surface area contributed by atoms with E-state index in [9.17, 15) is 0 Å². The first-order valence-corrected chi connectivity index (χ1v) is 46.6. The van der Waals surface area contributed by atoms with E-state index in [1.54, 1.807) is 372 Å². The first kappa shape index (κ1) is 64.8. The van der Waals surface area contributed by atoms with E-state index in [0.717, 1.165) is 213 Å². The van der Waals surface area contributed by atoms with Crippen molar-refractivity contribution in [3.63, 3.8) is 0 Å². The summed E-state index contributed by atoms with van der Waals surface area (Å²) < 4.78 is 0. The van der Waals surface area contributed by atoms with Gasteiger partial charge in [0.15, 0.2) is 0 Å². The summed E-state index contributed by atoms with van der Waals surface area (Å²) in [5.41, 5.74) is 0. The van der Waals surface area contributed by atoms with Gasteiger partial charge in [0.25, 0.3) is 0 Å². The predicted molar refractivity (Wildman–Crippen MR) is 393 cm³/mol. The molecule has 19 rings (SSSR count). The fraction of sp³-hybridized carbons (Fsp3) is 1.00. The lowest BCUT2D eigenvalue weighted by atomic mass is 9.44. The van der Waals surface area contributed by atoms with Gasteiger partial charge in [-0.15, -0.1) is 0 Å². The molecule has 0 aliphatic heterocycles. The van der Waals surface area contributed by atoms with Crippen molar-refractivity contribution in [2.24, 2.45) is 213 Å². The lowest BCUT2D eigenvalue weighted by molar-refractivity contribution is -0.120. The van der Waals surface area contributed by atoms with Crippen LogP contribution in [0, 0.1) is 213 Å². The number of fused-ring (bicyclic) bond motifs is 10. The van der Waals surface area contributed by atoms with Gasteiger partial charge in [0, 0.05) is 0 Å². The SMILES string of the molecule is C1CCC2C(C1)CC1CCCCC1C2C1CC(C2CCC(C3C4CCCCC4C(C4CCC(C5CC(C6C7CCCCC7CC7CCCCC76)CC(C6C7CCCCC7CC7CCCCC76)C5)CC4)C4CCCCC43)CC2)CC(C2C3CCCCC3CC3CCCCC32)C1. The summed E-state index contributed by atoms with van der Waals surface area (Å²) in [7, 11) is 0. The molecular formula is C94H152. The van der Waals surface area contributed by atoms with Crippen LogP contribution in [0.4, 0.5) is 0 Å². The van der Waals surface area contributed by atoms with Gasteiger partial charge in [-0.3, -0.25) is 0 Å². The van der Waals surface area contributed by atoms with E-state index in [-0.39, 0.29) is 0 Å². The Labute approximate surface area is 582 Å². The van der Waals surface area contributed by atoms with Crippen molar-refractivity contribution in [2.45, 2.75) is 372 Å². The molecule has 0 aromatic carbocycles. The molecule has 24 atom stereocenters. The zero-order valence-electron chi connectivity index (χ0n) is 61.8. The minimum atomic E-state index is 1.08. The topological polar surface area (TPSA) is 0 Å². The molecule has 0 saturated heterocycles. The molecule has 0 spiro atoms. The van der Waals surface area contributed by atoms with Crippen molar-refractivity contribution in [1.29, 1.82) is 0 Å². The summed E-state index contributed by atoms with van der Waals surface area (Å²) in [6.07, 6.45) is 94.9. The van der Waals surface area contributed by atoms with Crippen LogP contribution in [-0.4, -0.2) is 0 Å². The smallest absolute Gasteiger partial charge is 0.0323 e. The highest BCUT2D eigenvalue weighted by Crippen LogP contribution is 2.69. The molecule has 0 aromatic heterocycles. The van der Waals surface area contributed by atoms with Crippen LogP contribution in [0.25, 0.3) is 0 Å². The van der Waals surface area contributed by atoms with Gasteiger partial charge in [-0.25, -0.2) is 0 Å². The number of hydrogen-bond donors (Lipinski definition) is 0. The molecule has 0 N–H and O–H groups in total. The molecule has 0 radical (unpaired) electrons. The van der Waals surface area contributed by atoms with Gasteiger partial charge in [-0.1, -0.05) is 180 Å². The maximum atomic E-state index is 1.72. The Kier molecular flexibility index (Phi) is 19.7. The summed E-state index contributed by atoms with van der Waals surface area (Å²) in [6.45, 7) is 0. The number of rotatable bonds is 8. The Morgan fingerprint density at radius 2 is 0.223 bits per heavy atom. The Hall–Kier alpha value is 0. The quantitative estimate of drug-likeness (QED) is 0.227. The van der Waals surface area contributed by atoms with E-state index < -0.39 is 0 Å². The lowest BCUT2D eigenvalue weighted by Crippen LogP contribution is -2.54. The standard InChI is InChI=1S/C94H152/c1-9-29-77-63(21-1)49-64-22-2-10-30-78(64)91(77)73-53-71(54-74(57-73)92-79-31-11-3-23-65(79)50-66-24-4-12-32-80(66)92)59-41-45-61(46-42-59)89-85-37-17-19-39-87(85)90(88-40-20-18-38-86(88)89)62-47-43-60(44-48-62)72-55-75(93-81-33-13-5-25-67(81)51-68-26-6-14-34-82(68)93)58-76(56-72)94-83-35-15-7-27-69(83)52-70-28-8-16-36-84(70)94/h59-94H,1-58H2. The maximum absolute atomic E-state index is 1.72. The number of hydrogen-bond acceptors (Lipinski definition) is 0. The summed E-state index contributed by atoms with van der Waals surface area (Å²) in [4.78, 5) is 0. The first-order valence-electron chi connectivity index (χ1n) is 46.6. The minimum absolute atomic E-state index is 1.08. The molecule has 0 heteroatoms. The molecule has 19 saturated carbocycles. The second-order valence-corrected chi connectivity index (χ2v) is 42.6. The van der Waals surface area contributed by atoms with Crippen LogP contribution in [0.1, 0.15) is 372 Å². The Morgan fingerprint density at radius 3 is 0.426 bits per heavy atom. The third-order valence-corrected chi connectivity index (χ3v) is 39.7. The highest BCUT2D eigenvalue weighted by Gasteiger charge is 2.60. The van der Waals surface area contributed by atoms with Crippen molar-refractivity contribution in [2.75, 3.05) is 0 Å². The summed E-state index contributed by atoms with van der Waals surface area (Å²) >= 11 is 0. The first-order chi connectivity index (χ1) is 46.6. The fourth-order valence-electron chi connectivity index (χ4n) is 37.2. The predicted octanol–water partition coefficient (Wildman–Crippen LogP) is 27.1. The third-order valence-electron chi connectivity index (χ3n) is 39.7. The Morgan fingerprint density at radius 1 is 0.0851 bits per heavy atom. The normalized spacial score (nSPS) is 56.2. The van der Waals surface area contributed by atoms with Gasteiger partial charge in [0.1, 0.15) is 0 Å². The van der Waals surface area contributed by atoms with Crippen molar-refractivity contribution in [1.82, 2.24) is 0 Å². The second kappa shape index (κ2) is 28.6. The average Bonchev–Trinajstić information content (AvgIpc) is 0.830. The van der Waals surface area contributed by atoms with Gasteiger partial charge in [0.05, 0.1) is 0 Å². The van der Waals surface area contributed by atoms with Crippen molar-refractivity contribution >= 4 is 0 Å². The minimum Gasteiger partial charge on any atom is -0.0530 e. The van der Waals surface area contributed by atoms with E-state index in [2.05, 4.69) is 0 Å². The van der Waals surface area contributed by atoms with Crippen LogP contribution in [0.15, 0.2) is 0 Å². The van der Waals surface area contributed by atoms with Crippen molar-refractivity contribution < 1.29 is 0 Å². The van der Waals surface area contributed by atoms with Gasteiger partial charge in [-0.2, -0.15) is 0 Å². The van der Waals surface area contributed by atoms with E-state index in [1.807, 2.05) is 0 Å². The maximum Gasteiger partial charge on any atom is -0.0323 e. The molecular weight excluding hydrogens is 1130 g/mol. The lowest BCUT2D eigenvalue weighted by Gasteiger charge is -2.61. The highest BCUT2D eigenvalue weighted by atomic mass is 14.7. The molecule has 0 nitrogen and oxygen atoms in total. The van der Waals surface area contributed by atoms with Crippen LogP contribution in [0.2, 0.25) is 0 Å². The van der Waals surface area contributed by atoms with Crippen LogP contribution in [0.3, 0.4) is 0 Å². The van der Waals surface area contributed by atoms with E-state index in [0.29, 0.717) is 0 Å². The van der Waals surface area contributed by atoms with Gasteiger partial charge >= 0.3 is 0 Å². The van der Waals surface area contributed by atoms with Crippen LogP contribution >= 0.6 is 0 Å². The molecule has 0 heterocycles. The second-order valence-electron chi connectivity index (χ2n) is 42.6. The van der Waals surface area contributed by atoms with E-state index in [1.165, 1.54) is 0 Å². The average molecular weight is 1280 g/mol. The molecule has 0 bridgehead atoms. The van der Waals surface area contributed by atoms with E-state index in [4.69, 9.17) is 0 Å². The summed E-state index contributed by atoms with van der Waals surface area (Å²) in [6, 6.07) is 0. The molecule has 528 valence electrons. The Balaban J connectivity index is 0.568.